The molecule has 0 aliphatic heterocycles. The maximum Gasteiger partial charge on any atom is 0.166 e. The molecule has 0 atom stereocenters. The highest BCUT2D eigenvalue weighted by molar-refractivity contribution is 7.17. The normalized spacial score (nSPS) is 10.5. The molecule has 0 saturated carbocycles. The third kappa shape index (κ3) is 2.73. The Morgan fingerprint density at radius 3 is 2.68 bits per heavy atom. The van der Waals surface area contributed by atoms with Gasteiger partial charge in [0.15, 0.2) is 5.01 Å². The molecule has 22 heavy (non-hydrogen) atoms. The van der Waals surface area contributed by atoms with E-state index in [2.05, 4.69) is 26.7 Å². The smallest absolute Gasteiger partial charge is 0.166 e. The van der Waals surface area contributed by atoms with Gasteiger partial charge in [0.2, 0.25) is 0 Å². The number of rotatable bonds is 4. The second kappa shape index (κ2) is 6.03. The van der Waals surface area contributed by atoms with Crippen LogP contribution in [0.1, 0.15) is 5.56 Å². The Morgan fingerprint density at radius 2 is 2.00 bits per heavy atom. The summed E-state index contributed by atoms with van der Waals surface area (Å²) in [7, 11) is 3.99. The minimum atomic E-state index is 0.789. The second-order valence-electron chi connectivity index (χ2n) is 4.88. The molecule has 0 radical (unpaired) electrons. The molecule has 0 fully saturated rings. The zero-order valence-electron chi connectivity index (χ0n) is 12.4. The Hall–Kier alpha value is -2.60. The van der Waals surface area contributed by atoms with Gasteiger partial charge in [0.25, 0.3) is 0 Å². The van der Waals surface area contributed by atoms with Gasteiger partial charge in [-0.05, 0) is 18.2 Å². The van der Waals surface area contributed by atoms with Crippen LogP contribution in [0.2, 0.25) is 0 Å². The number of anilines is 1. The predicted octanol–water partition coefficient (Wildman–Crippen LogP) is 3.37. The van der Waals surface area contributed by atoms with E-state index < -0.39 is 0 Å². The number of hydrogen-bond donors (Lipinski definition) is 0. The molecule has 0 aliphatic carbocycles. The van der Waals surface area contributed by atoms with Gasteiger partial charge >= 0.3 is 0 Å². The lowest BCUT2D eigenvalue weighted by atomic mass is 10.2. The number of nitrogens with zero attached hydrogens (tertiary/aromatic N) is 5. The highest BCUT2D eigenvalue weighted by Crippen LogP contribution is 2.31. The fourth-order valence-corrected chi connectivity index (χ4v) is 2.85. The third-order valence-corrected chi connectivity index (χ3v) is 4.16. The summed E-state index contributed by atoms with van der Waals surface area (Å²) in [5.74, 6) is 0. The van der Waals surface area contributed by atoms with E-state index in [1.807, 2.05) is 43.4 Å². The topological polar surface area (TPSA) is 54.8 Å². The first-order valence-corrected chi connectivity index (χ1v) is 7.55. The molecule has 3 heterocycles. The Bertz CT molecular complexity index is 795. The molecule has 5 nitrogen and oxygen atoms in total. The van der Waals surface area contributed by atoms with Gasteiger partial charge in [0.1, 0.15) is 10.7 Å². The second-order valence-corrected chi connectivity index (χ2v) is 5.86. The van der Waals surface area contributed by atoms with Crippen LogP contribution in [0.5, 0.6) is 0 Å². The first-order valence-electron chi connectivity index (χ1n) is 6.73. The van der Waals surface area contributed by atoms with E-state index in [1.165, 1.54) is 11.3 Å². The molecule has 0 N–H and O–H groups in total. The molecular formula is C16H15N5S. The average molecular weight is 309 g/mol. The first-order chi connectivity index (χ1) is 10.7. The van der Waals surface area contributed by atoms with Gasteiger partial charge in [-0.15, -0.1) is 10.2 Å². The van der Waals surface area contributed by atoms with Crippen molar-refractivity contribution in [3.63, 3.8) is 0 Å². The number of aromatic nitrogens is 4. The molecule has 3 aromatic rings. The van der Waals surface area contributed by atoms with Crippen molar-refractivity contribution in [2.75, 3.05) is 19.0 Å². The SMILES string of the molecule is C=Cc1cnc(-c2nnc(-c3cccnc3)s2)cc1N(C)C. The summed E-state index contributed by atoms with van der Waals surface area (Å²) in [5.41, 5.74) is 3.81. The van der Waals surface area contributed by atoms with E-state index in [4.69, 9.17) is 0 Å². The van der Waals surface area contributed by atoms with Gasteiger partial charge in [-0.3, -0.25) is 9.97 Å². The van der Waals surface area contributed by atoms with Gasteiger partial charge in [-0.1, -0.05) is 24.0 Å². The quantitative estimate of drug-likeness (QED) is 0.739. The van der Waals surface area contributed by atoms with E-state index in [0.29, 0.717) is 0 Å². The van der Waals surface area contributed by atoms with E-state index in [0.717, 1.165) is 32.5 Å². The lowest BCUT2D eigenvalue weighted by molar-refractivity contribution is 1.08. The molecule has 0 unspecified atom stereocenters. The van der Waals surface area contributed by atoms with Crippen LogP contribution < -0.4 is 4.90 Å². The lowest BCUT2D eigenvalue weighted by Crippen LogP contribution is -2.10. The molecule has 0 aliphatic rings. The summed E-state index contributed by atoms with van der Waals surface area (Å²) in [4.78, 5) is 10.6. The summed E-state index contributed by atoms with van der Waals surface area (Å²) < 4.78 is 0. The zero-order chi connectivity index (χ0) is 15.5. The summed E-state index contributed by atoms with van der Waals surface area (Å²) in [6, 6.07) is 5.86. The van der Waals surface area contributed by atoms with Crippen molar-refractivity contribution in [3.05, 3.63) is 48.9 Å². The van der Waals surface area contributed by atoms with Crippen molar-refractivity contribution >= 4 is 23.1 Å². The van der Waals surface area contributed by atoms with E-state index in [9.17, 15) is 0 Å². The van der Waals surface area contributed by atoms with Crippen LogP contribution in [0.3, 0.4) is 0 Å². The minimum absolute atomic E-state index is 0.789. The standard InChI is InChI=1S/C16H15N5S/c1-4-11-10-18-13(8-14(11)21(2)3)16-20-19-15(22-16)12-6-5-7-17-9-12/h4-10H,1H2,2-3H3. The van der Waals surface area contributed by atoms with E-state index in [-0.39, 0.29) is 0 Å². The van der Waals surface area contributed by atoms with Gasteiger partial charge in [-0.25, -0.2) is 0 Å². The molecule has 0 spiro atoms. The van der Waals surface area contributed by atoms with Gasteiger partial charge < -0.3 is 4.90 Å². The molecule has 0 amide bonds. The highest BCUT2D eigenvalue weighted by atomic mass is 32.1. The van der Waals surface area contributed by atoms with Gasteiger partial charge in [0.05, 0.1) is 0 Å². The van der Waals surface area contributed by atoms with Crippen LogP contribution in [-0.4, -0.2) is 34.3 Å². The fourth-order valence-electron chi connectivity index (χ4n) is 2.05. The van der Waals surface area contributed by atoms with Crippen molar-refractivity contribution in [2.45, 2.75) is 0 Å². The van der Waals surface area contributed by atoms with Gasteiger partial charge in [0, 0.05) is 49.5 Å². The Balaban J connectivity index is 2.00. The predicted molar refractivity (Wildman–Crippen MR) is 90.8 cm³/mol. The summed E-state index contributed by atoms with van der Waals surface area (Å²) in [6.07, 6.45) is 7.13. The van der Waals surface area contributed by atoms with Gasteiger partial charge in [-0.2, -0.15) is 0 Å². The van der Waals surface area contributed by atoms with Crippen LogP contribution >= 0.6 is 11.3 Å². The lowest BCUT2D eigenvalue weighted by Gasteiger charge is -2.15. The number of hydrogen-bond acceptors (Lipinski definition) is 6. The van der Waals surface area contributed by atoms with E-state index in [1.54, 1.807) is 18.5 Å². The molecule has 3 rings (SSSR count). The summed E-state index contributed by atoms with van der Waals surface area (Å²) in [6.45, 7) is 3.82. The Kier molecular flexibility index (Phi) is 3.93. The third-order valence-electron chi connectivity index (χ3n) is 3.17. The molecule has 0 bridgehead atoms. The molecule has 6 heteroatoms. The maximum absolute atomic E-state index is 4.46. The van der Waals surface area contributed by atoms with Crippen molar-refractivity contribution in [1.29, 1.82) is 0 Å². The molecule has 0 saturated heterocycles. The number of pyridine rings is 2. The Labute approximate surface area is 133 Å². The molecule has 110 valence electrons. The van der Waals surface area contributed by atoms with Crippen LogP contribution in [0, 0.1) is 0 Å². The van der Waals surface area contributed by atoms with Crippen molar-refractivity contribution in [1.82, 2.24) is 20.2 Å². The highest BCUT2D eigenvalue weighted by Gasteiger charge is 2.12. The molecule has 3 aromatic heterocycles. The van der Waals surface area contributed by atoms with Crippen LogP contribution in [-0.2, 0) is 0 Å². The molecular weight excluding hydrogens is 294 g/mol. The summed E-state index contributed by atoms with van der Waals surface area (Å²) >= 11 is 1.50. The largest absolute Gasteiger partial charge is 0.377 e. The van der Waals surface area contributed by atoms with E-state index >= 15 is 0 Å². The maximum atomic E-state index is 4.46. The van der Waals surface area contributed by atoms with Crippen molar-refractivity contribution < 1.29 is 0 Å². The average Bonchev–Trinajstić information content (AvgIpc) is 3.05. The van der Waals surface area contributed by atoms with Crippen molar-refractivity contribution in [3.8, 4) is 21.3 Å². The summed E-state index contributed by atoms with van der Waals surface area (Å²) in [5, 5.41) is 10.1. The zero-order valence-corrected chi connectivity index (χ0v) is 13.2. The monoisotopic (exact) mass is 309 g/mol. The van der Waals surface area contributed by atoms with Crippen LogP contribution in [0.15, 0.2) is 43.4 Å². The van der Waals surface area contributed by atoms with Crippen LogP contribution in [0.25, 0.3) is 27.3 Å². The van der Waals surface area contributed by atoms with Crippen molar-refractivity contribution in [2.24, 2.45) is 0 Å². The first kappa shape index (κ1) is 14.3. The fraction of sp³-hybridized carbons (Fsp3) is 0.125. The Morgan fingerprint density at radius 1 is 1.18 bits per heavy atom. The minimum Gasteiger partial charge on any atom is -0.377 e. The molecule has 0 aromatic carbocycles. The van der Waals surface area contributed by atoms with Crippen LogP contribution in [0.4, 0.5) is 5.69 Å².